The van der Waals surface area contributed by atoms with Gasteiger partial charge in [-0.2, -0.15) is 0 Å². The molecular formula is C15H22N4O. The van der Waals surface area contributed by atoms with Gasteiger partial charge < -0.3 is 15.0 Å². The molecule has 2 rings (SSSR count). The maximum atomic E-state index is 11.4. The van der Waals surface area contributed by atoms with Gasteiger partial charge in [0.1, 0.15) is 5.65 Å². The van der Waals surface area contributed by atoms with Crippen LogP contribution in [0.3, 0.4) is 0 Å². The van der Waals surface area contributed by atoms with Gasteiger partial charge in [0.25, 0.3) is 0 Å². The fraction of sp³-hybridized carbons (Fsp3) is 0.467. The number of aromatic nitrogens is 2. The van der Waals surface area contributed by atoms with Crippen LogP contribution < -0.4 is 10.6 Å². The summed E-state index contributed by atoms with van der Waals surface area (Å²) in [5, 5.41) is 6.23. The van der Waals surface area contributed by atoms with Gasteiger partial charge in [0.05, 0.1) is 11.4 Å². The van der Waals surface area contributed by atoms with Gasteiger partial charge in [-0.3, -0.25) is 4.79 Å². The molecule has 0 fully saturated rings. The average molecular weight is 274 g/mol. The SMILES string of the molecule is Cc1nc2ccccn2c1CNCCNC(=O)C(C)C. The highest BCUT2D eigenvalue weighted by Crippen LogP contribution is 2.10. The van der Waals surface area contributed by atoms with Crippen molar-refractivity contribution in [3.8, 4) is 0 Å². The van der Waals surface area contributed by atoms with E-state index in [4.69, 9.17) is 0 Å². The second kappa shape index (κ2) is 6.52. The summed E-state index contributed by atoms with van der Waals surface area (Å²) in [7, 11) is 0. The van der Waals surface area contributed by atoms with Crippen LogP contribution in [0, 0.1) is 12.8 Å². The molecule has 5 heteroatoms. The van der Waals surface area contributed by atoms with Crippen molar-refractivity contribution in [3.63, 3.8) is 0 Å². The van der Waals surface area contributed by atoms with Crippen molar-refractivity contribution in [1.29, 1.82) is 0 Å². The van der Waals surface area contributed by atoms with Gasteiger partial charge >= 0.3 is 0 Å². The fourth-order valence-electron chi connectivity index (χ4n) is 2.06. The van der Waals surface area contributed by atoms with Crippen LogP contribution >= 0.6 is 0 Å². The first-order chi connectivity index (χ1) is 9.59. The lowest BCUT2D eigenvalue weighted by atomic mass is 10.2. The van der Waals surface area contributed by atoms with E-state index >= 15 is 0 Å². The Bertz CT molecular complexity index is 589. The lowest BCUT2D eigenvalue weighted by molar-refractivity contribution is -0.123. The predicted molar refractivity (Wildman–Crippen MR) is 79.5 cm³/mol. The molecule has 0 aliphatic heterocycles. The van der Waals surface area contributed by atoms with Crippen LogP contribution in [0.1, 0.15) is 25.2 Å². The van der Waals surface area contributed by atoms with Crippen LogP contribution in [0.15, 0.2) is 24.4 Å². The summed E-state index contributed by atoms with van der Waals surface area (Å²) in [6.45, 7) is 7.94. The Morgan fingerprint density at radius 1 is 1.35 bits per heavy atom. The topological polar surface area (TPSA) is 58.4 Å². The Morgan fingerprint density at radius 3 is 2.90 bits per heavy atom. The van der Waals surface area contributed by atoms with Crippen molar-refractivity contribution < 1.29 is 4.79 Å². The third kappa shape index (κ3) is 3.36. The number of hydrogen-bond donors (Lipinski definition) is 2. The lowest BCUT2D eigenvalue weighted by Crippen LogP contribution is -2.34. The van der Waals surface area contributed by atoms with E-state index in [1.807, 2.05) is 45.2 Å². The third-order valence-electron chi connectivity index (χ3n) is 3.25. The van der Waals surface area contributed by atoms with E-state index in [-0.39, 0.29) is 11.8 Å². The number of pyridine rings is 1. The number of hydrogen-bond acceptors (Lipinski definition) is 3. The minimum atomic E-state index is 0.0380. The van der Waals surface area contributed by atoms with E-state index in [1.54, 1.807) is 0 Å². The predicted octanol–water partition coefficient (Wildman–Crippen LogP) is 1.50. The van der Waals surface area contributed by atoms with Crippen molar-refractivity contribution in [2.45, 2.75) is 27.3 Å². The Kier molecular flexibility index (Phi) is 4.74. The molecule has 0 saturated carbocycles. The quantitative estimate of drug-likeness (QED) is 0.785. The van der Waals surface area contributed by atoms with Gasteiger partial charge in [-0.15, -0.1) is 0 Å². The molecule has 0 saturated heterocycles. The summed E-state index contributed by atoms with van der Waals surface area (Å²) < 4.78 is 2.09. The number of carbonyl (C=O) groups is 1. The monoisotopic (exact) mass is 274 g/mol. The highest BCUT2D eigenvalue weighted by molar-refractivity contribution is 5.77. The summed E-state index contributed by atoms with van der Waals surface area (Å²) in [5.74, 6) is 0.133. The molecule has 2 aromatic rings. The lowest BCUT2D eigenvalue weighted by Gasteiger charge is -2.09. The van der Waals surface area contributed by atoms with Crippen molar-refractivity contribution >= 4 is 11.6 Å². The summed E-state index contributed by atoms with van der Waals surface area (Å²) in [5.41, 5.74) is 3.17. The van der Waals surface area contributed by atoms with Gasteiger partial charge in [0.2, 0.25) is 5.91 Å². The Hall–Kier alpha value is -1.88. The molecule has 0 aliphatic rings. The molecule has 2 N–H and O–H groups in total. The van der Waals surface area contributed by atoms with E-state index in [0.29, 0.717) is 6.54 Å². The first-order valence-corrected chi connectivity index (χ1v) is 7.00. The number of nitrogens with one attached hydrogen (secondary N) is 2. The highest BCUT2D eigenvalue weighted by Gasteiger charge is 2.08. The number of fused-ring (bicyclic) bond motifs is 1. The normalized spacial score (nSPS) is 11.2. The number of imidazole rings is 1. The average Bonchev–Trinajstić information content (AvgIpc) is 2.74. The van der Waals surface area contributed by atoms with Crippen LogP contribution in [0.5, 0.6) is 0 Å². The largest absolute Gasteiger partial charge is 0.355 e. The molecule has 1 amide bonds. The molecule has 0 spiro atoms. The number of nitrogens with zero attached hydrogens (tertiary/aromatic N) is 2. The Balaban J connectivity index is 1.84. The molecule has 2 heterocycles. The van der Waals surface area contributed by atoms with Crippen LogP contribution in [-0.2, 0) is 11.3 Å². The number of aryl methyl sites for hydroxylation is 1. The Labute approximate surface area is 119 Å². The second-order valence-corrected chi connectivity index (χ2v) is 5.20. The molecule has 0 aliphatic carbocycles. The van der Waals surface area contributed by atoms with Crippen molar-refractivity contribution in [3.05, 3.63) is 35.8 Å². The fourth-order valence-corrected chi connectivity index (χ4v) is 2.06. The van der Waals surface area contributed by atoms with E-state index in [0.717, 1.165) is 30.1 Å². The standard InChI is InChI=1S/C15H22N4O/c1-11(2)15(20)17-8-7-16-10-13-12(3)18-14-6-4-5-9-19(13)14/h4-6,9,11,16H,7-8,10H2,1-3H3,(H,17,20). The minimum Gasteiger partial charge on any atom is -0.355 e. The number of carbonyl (C=O) groups excluding carboxylic acids is 1. The summed E-state index contributed by atoms with van der Waals surface area (Å²) in [4.78, 5) is 15.9. The van der Waals surface area contributed by atoms with Crippen molar-refractivity contribution in [2.75, 3.05) is 13.1 Å². The smallest absolute Gasteiger partial charge is 0.222 e. The van der Waals surface area contributed by atoms with Gasteiger partial charge in [-0.1, -0.05) is 19.9 Å². The zero-order valence-electron chi connectivity index (χ0n) is 12.3. The molecule has 108 valence electrons. The molecule has 2 aromatic heterocycles. The van der Waals surface area contributed by atoms with E-state index < -0.39 is 0 Å². The maximum Gasteiger partial charge on any atom is 0.222 e. The first kappa shape index (κ1) is 14.5. The van der Waals surface area contributed by atoms with Crippen LogP contribution in [0.25, 0.3) is 5.65 Å². The van der Waals surface area contributed by atoms with E-state index in [1.165, 1.54) is 0 Å². The van der Waals surface area contributed by atoms with Crippen molar-refractivity contribution in [1.82, 2.24) is 20.0 Å². The molecule has 0 radical (unpaired) electrons. The zero-order valence-corrected chi connectivity index (χ0v) is 12.3. The molecule has 0 unspecified atom stereocenters. The molecule has 0 bridgehead atoms. The number of rotatable bonds is 6. The van der Waals surface area contributed by atoms with Crippen molar-refractivity contribution in [2.24, 2.45) is 5.92 Å². The minimum absolute atomic E-state index is 0.0380. The van der Waals surface area contributed by atoms with Gasteiger partial charge in [0, 0.05) is 31.7 Å². The van der Waals surface area contributed by atoms with E-state index in [2.05, 4.69) is 20.0 Å². The molecule has 5 nitrogen and oxygen atoms in total. The molecule has 0 aromatic carbocycles. The van der Waals surface area contributed by atoms with Gasteiger partial charge in [0.15, 0.2) is 0 Å². The summed E-state index contributed by atoms with van der Waals surface area (Å²) >= 11 is 0. The van der Waals surface area contributed by atoms with Crippen LogP contribution in [-0.4, -0.2) is 28.4 Å². The van der Waals surface area contributed by atoms with Gasteiger partial charge in [-0.05, 0) is 19.1 Å². The first-order valence-electron chi connectivity index (χ1n) is 7.00. The second-order valence-electron chi connectivity index (χ2n) is 5.20. The van der Waals surface area contributed by atoms with Gasteiger partial charge in [-0.25, -0.2) is 4.98 Å². The maximum absolute atomic E-state index is 11.4. The summed E-state index contributed by atoms with van der Waals surface area (Å²) in [6, 6.07) is 5.99. The Morgan fingerprint density at radius 2 is 2.15 bits per heavy atom. The number of amides is 1. The van der Waals surface area contributed by atoms with Crippen LogP contribution in [0.4, 0.5) is 0 Å². The molecule has 20 heavy (non-hydrogen) atoms. The zero-order chi connectivity index (χ0) is 14.5. The molecule has 0 atom stereocenters. The summed E-state index contributed by atoms with van der Waals surface area (Å²) in [6.07, 6.45) is 2.02. The van der Waals surface area contributed by atoms with E-state index in [9.17, 15) is 4.79 Å². The van der Waals surface area contributed by atoms with Crippen LogP contribution in [0.2, 0.25) is 0 Å². The third-order valence-corrected chi connectivity index (χ3v) is 3.25. The highest BCUT2D eigenvalue weighted by atomic mass is 16.1. The molecular weight excluding hydrogens is 252 g/mol.